The van der Waals surface area contributed by atoms with Crippen LogP contribution in [-0.4, -0.2) is 17.8 Å². The van der Waals surface area contributed by atoms with Crippen LogP contribution < -0.4 is 5.32 Å². The summed E-state index contributed by atoms with van der Waals surface area (Å²) >= 11 is 0. The van der Waals surface area contributed by atoms with Gasteiger partial charge < -0.3 is 10.4 Å². The molecular weight excluding hydrogens is 198 g/mol. The molecule has 0 saturated carbocycles. The average molecular weight is 221 g/mol. The first-order valence-corrected chi connectivity index (χ1v) is 6.10. The summed E-state index contributed by atoms with van der Waals surface area (Å²) in [4.78, 5) is 0. The highest BCUT2D eigenvalue weighted by Crippen LogP contribution is 2.10. The SMILES string of the molecule is CCc1ccccc1CN[C@H](CO)C(C)C. The maximum Gasteiger partial charge on any atom is 0.0587 e. The fraction of sp³-hybridized carbons (Fsp3) is 0.571. The summed E-state index contributed by atoms with van der Waals surface area (Å²) in [6.45, 7) is 7.46. The van der Waals surface area contributed by atoms with Gasteiger partial charge in [0.05, 0.1) is 6.61 Å². The zero-order valence-electron chi connectivity index (χ0n) is 10.5. The van der Waals surface area contributed by atoms with Crippen molar-refractivity contribution in [3.05, 3.63) is 35.4 Å². The average Bonchev–Trinajstić information content (AvgIpc) is 2.30. The van der Waals surface area contributed by atoms with Crippen molar-refractivity contribution in [1.29, 1.82) is 0 Å². The van der Waals surface area contributed by atoms with E-state index in [1.807, 2.05) is 0 Å². The lowest BCUT2D eigenvalue weighted by Crippen LogP contribution is -2.36. The van der Waals surface area contributed by atoms with E-state index in [-0.39, 0.29) is 12.6 Å². The highest BCUT2D eigenvalue weighted by atomic mass is 16.3. The lowest BCUT2D eigenvalue weighted by atomic mass is 10.0. The van der Waals surface area contributed by atoms with Crippen molar-refractivity contribution in [2.45, 2.75) is 39.8 Å². The number of aryl methyl sites for hydroxylation is 1. The van der Waals surface area contributed by atoms with Crippen LogP contribution >= 0.6 is 0 Å². The van der Waals surface area contributed by atoms with Gasteiger partial charge in [-0.3, -0.25) is 0 Å². The molecule has 0 aliphatic heterocycles. The molecule has 1 aromatic rings. The third kappa shape index (κ3) is 3.62. The third-order valence-electron chi connectivity index (χ3n) is 3.06. The Hall–Kier alpha value is -0.860. The highest BCUT2D eigenvalue weighted by molar-refractivity contribution is 5.26. The zero-order chi connectivity index (χ0) is 12.0. The van der Waals surface area contributed by atoms with E-state index in [4.69, 9.17) is 0 Å². The number of aliphatic hydroxyl groups is 1. The van der Waals surface area contributed by atoms with Gasteiger partial charge in [0.15, 0.2) is 0 Å². The molecule has 0 bridgehead atoms. The van der Waals surface area contributed by atoms with Crippen LogP contribution in [-0.2, 0) is 13.0 Å². The molecule has 2 N–H and O–H groups in total. The third-order valence-corrected chi connectivity index (χ3v) is 3.06. The smallest absolute Gasteiger partial charge is 0.0587 e. The van der Waals surface area contributed by atoms with Gasteiger partial charge in [-0.05, 0) is 23.5 Å². The first kappa shape index (κ1) is 13.2. The van der Waals surface area contributed by atoms with Crippen molar-refractivity contribution in [3.63, 3.8) is 0 Å². The van der Waals surface area contributed by atoms with Gasteiger partial charge in [0.25, 0.3) is 0 Å². The summed E-state index contributed by atoms with van der Waals surface area (Å²) in [7, 11) is 0. The van der Waals surface area contributed by atoms with E-state index < -0.39 is 0 Å². The van der Waals surface area contributed by atoms with Crippen LogP contribution in [0.1, 0.15) is 31.9 Å². The maximum atomic E-state index is 9.24. The predicted molar refractivity (Wildman–Crippen MR) is 68.4 cm³/mol. The topological polar surface area (TPSA) is 32.3 Å². The molecule has 0 radical (unpaired) electrons. The molecule has 90 valence electrons. The summed E-state index contributed by atoms with van der Waals surface area (Å²) in [5.74, 6) is 0.457. The first-order valence-electron chi connectivity index (χ1n) is 6.10. The van der Waals surface area contributed by atoms with Gasteiger partial charge in [0, 0.05) is 12.6 Å². The van der Waals surface area contributed by atoms with Crippen LogP contribution in [0.5, 0.6) is 0 Å². The second kappa shape index (κ2) is 6.66. The summed E-state index contributed by atoms with van der Waals surface area (Å²) in [5.41, 5.74) is 2.72. The van der Waals surface area contributed by atoms with Crippen molar-refractivity contribution >= 4 is 0 Å². The molecule has 2 heteroatoms. The Labute approximate surface area is 98.7 Å². The molecule has 2 nitrogen and oxygen atoms in total. The van der Waals surface area contributed by atoms with Crippen molar-refractivity contribution in [2.24, 2.45) is 5.92 Å². The summed E-state index contributed by atoms with van der Waals surface area (Å²) in [5, 5.41) is 12.6. The van der Waals surface area contributed by atoms with E-state index in [0.29, 0.717) is 5.92 Å². The minimum Gasteiger partial charge on any atom is -0.395 e. The van der Waals surface area contributed by atoms with E-state index in [1.54, 1.807) is 0 Å². The Balaban J connectivity index is 2.59. The molecule has 0 amide bonds. The van der Waals surface area contributed by atoms with Gasteiger partial charge >= 0.3 is 0 Å². The second-order valence-electron chi connectivity index (χ2n) is 4.54. The minimum absolute atomic E-state index is 0.185. The Morgan fingerprint density at radius 1 is 1.19 bits per heavy atom. The van der Waals surface area contributed by atoms with Gasteiger partial charge in [0.2, 0.25) is 0 Å². The van der Waals surface area contributed by atoms with Crippen LogP contribution in [0.4, 0.5) is 0 Å². The summed E-state index contributed by atoms with van der Waals surface area (Å²) < 4.78 is 0. The van der Waals surface area contributed by atoms with E-state index in [2.05, 4.69) is 50.4 Å². The molecular formula is C14H23NO. The van der Waals surface area contributed by atoms with E-state index in [0.717, 1.165) is 13.0 Å². The number of aliphatic hydroxyl groups excluding tert-OH is 1. The van der Waals surface area contributed by atoms with Crippen LogP contribution in [0, 0.1) is 5.92 Å². The molecule has 1 atom stereocenters. The van der Waals surface area contributed by atoms with Crippen molar-refractivity contribution in [3.8, 4) is 0 Å². The van der Waals surface area contributed by atoms with E-state index >= 15 is 0 Å². The highest BCUT2D eigenvalue weighted by Gasteiger charge is 2.11. The number of benzene rings is 1. The van der Waals surface area contributed by atoms with Crippen molar-refractivity contribution in [2.75, 3.05) is 6.61 Å². The van der Waals surface area contributed by atoms with E-state index in [1.165, 1.54) is 11.1 Å². The number of rotatable bonds is 6. The fourth-order valence-electron chi connectivity index (χ4n) is 1.83. The number of nitrogens with one attached hydrogen (secondary N) is 1. The predicted octanol–water partition coefficient (Wildman–Crippen LogP) is 2.36. The second-order valence-corrected chi connectivity index (χ2v) is 4.54. The van der Waals surface area contributed by atoms with Crippen LogP contribution in [0.2, 0.25) is 0 Å². The molecule has 0 aliphatic carbocycles. The van der Waals surface area contributed by atoms with Gasteiger partial charge in [0.1, 0.15) is 0 Å². The quantitative estimate of drug-likeness (QED) is 0.773. The summed E-state index contributed by atoms with van der Waals surface area (Å²) in [6.07, 6.45) is 1.06. The number of hydrogen-bond acceptors (Lipinski definition) is 2. The van der Waals surface area contributed by atoms with E-state index in [9.17, 15) is 5.11 Å². The van der Waals surface area contributed by atoms with Gasteiger partial charge in [-0.15, -0.1) is 0 Å². The largest absolute Gasteiger partial charge is 0.395 e. The molecule has 0 aromatic heterocycles. The Kier molecular flexibility index (Phi) is 5.50. The molecule has 0 heterocycles. The zero-order valence-corrected chi connectivity index (χ0v) is 10.5. The molecule has 0 aliphatic rings. The standard InChI is InChI=1S/C14H23NO/c1-4-12-7-5-6-8-13(12)9-15-14(10-16)11(2)3/h5-8,11,14-16H,4,9-10H2,1-3H3/t14-/m1/s1. The number of hydrogen-bond donors (Lipinski definition) is 2. The molecule has 0 saturated heterocycles. The fourth-order valence-corrected chi connectivity index (χ4v) is 1.83. The van der Waals surface area contributed by atoms with Crippen molar-refractivity contribution in [1.82, 2.24) is 5.32 Å². The maximum absolute atomic E-state index is 9.24. The first-order chi connectivity index (χ1) is 7.69. The Morgan fingerprint density at radius 2 is 1.81 bits per heavy atom. The van der Waals surface area contributed by atoms with Crippen molar-refractivity contribution < 1.29 is 5.11 Å². The molecule has 1 rings (SSSR count). The molecule has 1 aromatic carbocycles. The lowest BCUT2D eigenvalue weighted by Gasteiger charge is -2.20. The van der Waals surface area contributed by atoms with Crippen LogP contribution in [0.15, 0.2) is 24.3 Å². The molecule has 16 heavy (non-hydrogen) atoms. The normalized spacial score (nSPS) is 13.1. The lowest BCUT2D eigenvalue weighted by molar-refractivity contribution is 0.210. The molecule has 0 fully saturated rings. The van der Waals surface area contributed by atoms with Crippen LogP contribution in [0.3, 0.4) is 0 Å². The van der Waals surface area contributed by atoms with Crippen LogP contribution in [0.25, 0.3) is 0 Å². The molecule has 0 unspecified atom stereocenters. The van der Waals surface area contributed by atoms with Gasteiger partial charge in [-0.2, -0.15) is 0 Å². The minimum atomic E-state index is 0.185. The Bertz CT molecular complexity index is 309. The molecule has 0 spiro atoms. The monoisotopic (exact) mass is 221 g/mol. The summed E-state index contributed by atoms with van der Waals surface area (Å²) in [6, 6.07) is 8.65. The van der Waals surface area contributed by atoms with Gasteiger partial charge in [-0.25, -0.2) is 0 Å². The Morgan fingerprint density at radius 3 is 2.31 bits per heavy atom. The van der Waals surface area contributed by atoms with Gasteiger partial charge in [-0.1, -0.05) is 45.0 Å².